The molecule has 5 nitrogen and oxygen atoms in total. The minimum absolute atomic E-state index is 0.322. The molecule has 1 aromatic rings. The number of aromatic nitrogens is 2. The summed E-state index contributed by atoms with van der Waals surface area (Å²) in [5, 5.41) is 3.96. The standard InChI is InChI=1S/C9H14N4O/c10-12-9-11-8(13-14-9)7-4-5-1-2-6(7)3-5/h5-7H,1-4,10H2,(H,11,12,13). The van der Waals surface area contributed by atoms with Crippen LogP contribution in [0.15, 0.2) is 4.52 Å². The molecule has 0 aromatic carbocycles. The predicted octanol–water partition coefficient (Wildman–Crippen LogP) is 1.26. The Hall–Kier alpha value is -1.10. The third-order valence-electron chi connectivity index (χ3n) is 3.63. The molecular formula is C9H14N4O. The van der Waals surface area contributed by atoms with Gasteiger partial charge in [0.05, 0.1) is 0 Å². The molecule has 3 rings (SSSR count). The van der Waals surface area contributed by atoms with E-state index in [2.05, 4.69) is 15.6 Å². The number of hydrogen-bond donors (Lipinski definition) is 2. The maximum absolute atomic E-state index is 5.19. The molecule has 0 aliphatic heterocycles. The highest BCUT2D eigenvalue weighted by atomic mass is 16.5. The first-order chi connectivity index (χ1) is 6.86. The van der Waals surface area contributed by atoms with E-state index in [1.807, 2.05) is 0 Å². The molecule has 1 heterocycles. The summed E-state index contributed by atoms with van der Waals surface area (Å²) >= 11 is 0. The van der Waals surface area contributed by atoms with Crippen molar-refractivity contribution in [3.8, 4) is 0 Å². The van der Waals surface area contributed by atoms with E-state index in [-0.39, 0.29) is 0 Å². The van der Waals surface area contributed by atoms with E-state index in [0.29, 0.717) is 11.9 Å². The van der Waals surface area contributed by atoms with Crippen LogP contribution in [0.1, 0.15) is 37.4 Å². The van der Waals surface area contributed by atoms with Crippen LogP contribution in [0.2, 0.25) is 0 Å². The summed E-state index contributed by atoms with van der Waals surface area (Å²) in [6.07, 6.45) is 5.30. The number of rotatable bonds is 2. The molecule has 3 atom stereocenters. The first kappa shape index (κ1) is 8.23. The number of nitrogens with zero attached hydrogens (tertiary/aromatic N) is 2. The predicted molar refractivity (Wildman–Crippen MR) is 50.3 cm³/mol. The van der Waals surface area contributed by atoms with Gasteiger partial charge in [-0.3, -0.25) is 5.43 Å². The summed E-state index contributed by atoms with van der Waals surface area (Å²) in [5.74, 6) is 8.22. The summed E-state index contributed by atoms with van der Waals surface area (Å²) in [7, 11) is 0. The molecule has 0 amide bonds. The van der Waals surface area contributed by atoms with E-state index >= 15 is 0 Å². The molecule has 2 aliphatic rings. The largest absolute Gasteiger partial charge is 0.335 e. The molecule has 0 spiro atoms. The van der Waals surface area contributed by atoms with Gasteiger partial charge in [0.25, 0.3) is 0 Å². The van der Waals surface area contributed by atoms with Gasteiger partial charge in [-0.2, -0.15) is 4.98 Å². The second-order valence-corrected chi connectivity index (χ2v) is 4.38. The van der Waals surface area contributed by atoms with Gasteiger partial charge < -0.3 is 4.52 Å². The van der Waals surface area contributed by atoms with Crippen LogP contribution in [0, 0.1) is 11.8 Å². The third-order valence-corrected chi connectivity index (χ3v) is 3.63. The van der Waals surface area contributed by atoms with Gasteiger partial charge in [-0.05, 0) is 31.1 Å². The number of anilines is 1. The lowest BCUT2D eigenvalue weighted by Gasteiger charge is -2.17. The molecular weight excluding hydrogens is 180 g/mol. The van der Waals surface area contributed by atoms with Crippen LogP contribution in [0.4, 0.5) is 6.01 Å². The van der Waals surface area contributed by atoms with E-state index in [1.165, 1.54) is 25.7 Å². The molecule has 0 radical (unpaired) electrons. The van der Waals surface area contributed by atoms with Crippen molar-refractivity contribution < 1.29 is 4.52 Å². The fourth-order valence-electron chi connectivity index (χ4n) is 3.01. The minimum atomic E-state index is 0.322. The zero-order valence-electron chi connectivity index (χ0n) is 7.94. The Morgan fingerprint density at radius 3 is 2.86 bits per heavy atom. The Morgan fingerprint density at radius 1 is 1.36 bits per heavy atom. The Balaban J connectivity index is 1.82. The molecule has 76 valence electrons. The second kappa shape index (κ2) is 2.95. The lowest BCUT2D eigenvalue weighted by molar-refractivity contribution is 0.372. The van der Waals surface area contributed by atoms with Crippen molar-refractivity contribution in [2.75, 3.05) is 5.43 Å². The Bertz CT molecular complexity index is 337. The topological polar surface area (TPSA) is 77.0 Å². The number of nitrogen functional groups attached to an aromatic ring is 1. The van der Waals surface area contributed by atoms with E-state index in [1.54, 1.807) is 0 Å². The van der Waals surface area contributed by atoms with Gasteiger partial charge in [0, 0.05) is 5.92 Å². The smallest absolute Gasteiger partial charge is 0.314 e. The van der Waals surface area contributed by atoms with Gasteiger partial charge >= 0.3 is 6.01 Å². The van der Waals surface area contributed by atoms with Crippen molar-refractivity contribution >= 4 is 6.01 Å². The number of nitrogens with two attached hydrogens (primary N) is 1. The summed E-state index contributed by atoms with van der Waals surface area (Å²) in [6.45, 7) is 0. The van der Waals surface area contributed by atoms with Crippen LogP contribution in [0.3, 0.4) is 0 Å². The SMILES string of the molecule is NNc1nc(C2CC3CCC2C3)no1. The van der Waals surface area contributed by atoms with Gasteiger partial charge in [-0.1, -0.05) is 11.6 Å². The van der Waals surface area contributed by atoms with Crippen molar-refractivity contribution in [1.82, 2.24) is 10.1 Å². The summed E-state index contributed by atoms with van der Waals surface area (Å²) in [5.41, 5.74) is 2.37. The van der Waals surface area contributed by atoms with Gasteiger partial charge in [0.2, 0.25) is 0 Å². The van der Waals surface area contributed by atoms with Gasteiger partial charge in [0.1, 0.15) is 0 Å². The van der Waals surface area contributed by atoms with Crippen LogP contribution in [-0.4, -0.2) is 10.1 Å². The van der Waals surface area contributed by atoms with Crippen molar-refractivity contribution in [1.29, 1.82) is 0 Å². The molecule has 2 aliphatic carbocycles. The van der Waals surface area contributed by atoms with E-state index in [4.69, 9.17) is 10.4 Å². The molecule has 2 saturated carbocycles. The average Bonchev–Trinajstić information content (AvgIpc) is 2.93. The van der Waals surface area contributed by atoms with Crippen molar-refractivity contribution in [2.24, 2.45) is 17.7 Å². The first-order valence-electron chi connectivity index (χ1n) is 5.17. The minimum Gasteiger partial charge on any atom is -0.314 e. The van der Waals surface area contributed by atoms with Crippen LogP contribution in [0.5, 0.6) is 0 Å². The van der Waals surface area contributed by atoms with Crippen LogP contribution in [-0.2, 0) is 0 Å². The number of fused-ring (bicyclic) bond motifs is 2. The van der Waals surface area contributed by atoms with E-state index in [9.17, 15) is 0 Å². The van der Waals surface area contributed by atoms with Crippen LogP contribution < -0.4 is 11.3 Å². The monoisotopic (exact) mass is 194 g/mol. The second-order valence-electron chi connectivity index (χ2n) is 4.38. The Kier molecular flexibility index (Phi) is 1.73. The molecule has 1 aromatic heterocycles. The number of hydrazine groups is 1. The van der Waals surface area contributed by atoms with Gasteiger partial charge in [-0.25, -0.2) is 5.84 Å². The highest BCUT2D eigenvalue weighted by Crippen LogP contribution is 2.52. The fourth-order valence-corrected chi connectivity index (χ4v) is 3.01. The Labute approximate surface area is 82.0 Å². The Morgan fingerprint density at radius 2 is 2.29 bits per heavy atom. The number of nitrogens with one attached hydrogen (secondary N) is 1. The molecule has 3 N–H and O–H groups in total. The van der Waals surface area contributed by atoms with Crippen molar-refractivity contribution in [3.63, 3.8) is 0 Å². The van der Waals surface area contributed by atoms with E-state index in [0.717, 1.165) is 17.7 Å². The molecule has 2 fully saturated rings. The zero-order chi connectivity index (χ0) is 9.54. The fraction of sp³-hybridized carbons (Fsp3) is 0.778. The first-order valence-corrected chi connectivity index (χ1v) is 5.17. The summed E-state index contributed by atoms with van der Waals surface area (Å²) < 4.78 is 4.94. The highest BCUT2D eigenvalue weighted by Gasteiger charge is 2.42. The zero-order valence-corrected chi connectivity index (χ0v) is 7.94. The molecule has 5 heteroatoms. The number of hydrogen-bond acceptors (Lipinski definition) is 5. The quantitative estimate of drug-likeness (QED) is 0.547. The third kappa shape index (κ3) is 1.12. The van der Waals surface area contributed by atoms with E-state index < -0.39 is 0 Å². The lowest BCUT2D eigenvalue weighted by Crippen LogP contribution is -2.11. The van der Waals surface area contributed by atoms with Crippen molar-refractivity contribution in [3.05, 3.63) is 5.82 Å². The molecule has 0 saturated heterocycles. The maximum atomic E-state index is 5.19. The summed E-state index contributed by atoms with van der Waals surface area (Å²) in [6, 6.07) is 0.322. The molecule has 14 heavy (non-hydrogen) atoms. The van der Waals surface area contributed by atoms with Crippen LogP contribution >= 0.6 is 0 Å². The lowest BCUT2D eigenvalue weighted by atomic mass is 9.88. The highest BCUT2D eigenvalue weighted by molar-refractivity contribution is 5.18. The normalized spacial score (nSPS) is 35.1. The van der Waals surface area contributed by atoms with Gasteiger partial charge in [-0.15, -0.1) is 0 Å². The van der Waals surface area contributed by atoms with Gasteiger partial charge in [0.15, 0.2) is 5.82 Å². The van der Waals surface area contributed by atoms with Crippen LogP contribution in [0.25, 0.3) is 0 Å². The van der Waals surface area contributed by atoms with Crippen molar-refractivity contribution in [2.45, 2.75) is 31.6 Å². The molecule has 3 unspecified atom stereocenters. The maximum Gasteiger partial charge on any atom is 0.335 e. The molecule has 2 bridgehead atoms. The summed E-state index contributed by atoms with van der Waals surface area (Å²) in [4.78, 5) is 4.22. The average molecular weight is 194 g/mol.